The van der Waals surface area contributed by atoms with Crippen LogP contribution in [-0.2, 0) is 12.8 Å². The Morgan fingerprint density at radius 3 is 2.58 bits per heavy atom. The third-order valence-electron chi connectivity index (χ3n) is 3.68. The van der Waals surface area contributed by atoms with Gasteiger partial charge in [0.15, 0.2) is 11.0 Å². The van der Waals surface area contributed by atoms with Crippen molar-refractivity contribution >= 4 is 11.8 Å². The molecule has 0 aliphatic heterocycles. The molecule has 0 radical (unpaired) electrons. The van der Waals surface area contributed by atoms with E-state index in [4.69, 9.17) is 10.00 Å². The highest BCUT2D eigenvalue weighted by Crippen LogP contribution is 2.27. The molecule has 0 aliphatic carbocycles. The molecule has 0 unspecified atom stereocenters. The van der Waals surface area contributed by atoms with E-state index < -0.39 is 0 Å². The van der Waals surface area contributed by atoms with Gasteiger partial charge in [-0.25, -0.2) is 0 Å². The van der Waals surface area contributed by atoms with Crippen LogP contribution in [0.3, 0.4) is 0 Å². The molecule has 120 valence electrons. The van der Waals surface area contributed by atoms with E-state index >= 15 is 0 Å². The van der Waals surface area contributed by atoms with Crippen molar-refractivity contribution in [2.45, 2.75) is 10.9 Å². The molecule has 3 rings (SSSR count). The van der Waals surface area contributed by atoms with Crippen molar-refractivity contribution < 1.29 is 4.74 Å². The highest BCUT2D eigenvalue weighted by molar-refractivity contribution is 7.98. The maximum Gasteiger partial charge on any atom is 0.191 e. The van der Waals surface area contributed by atoms with Gasteiger partial charge < -0.3 is 9.30 Å². The third-order valence-corrected chi connectivity index (χ3v) is 4.75. The van der Waals surface area contributed by atoms with Gasteiger partial charge in [-0.2, -0.15) is 5.26 Å². The van der Waals surface area contributed by atoms with E-state index in [0.29, 0.717) is 11.3 Å². The molecule has 2 aromatic carbocycles. The van der Waals surface area contributed by atoms with E-state index in [2.05, 4.69) is 16.3 Å². The molecule has 0 N–H and O–H groups in total. The Morgan fingerprint density at radius 1 is 1.12 bits per heavy atom. The van der Waals surface area contributed by atoms with Crippen molar-refractivity contribution in [2.24, 2.45) is 7.05 Å². The Bertz CT molecular complexity index is 881. The summed E-state index contributed by atoms with van der Waals surface area (Å²) in [6.07, 6.45) is 0. The fraction of sp³-hybridized carbons (Fsp3) is 0.167. The van der Waals surface area contributed by atoms with Crippen LogP contribution in [0.4, 0.5) is 0 Å². The lowest BCUT2D eigenvalue weighted by molar-refractivity contribution is 0.415. The van der Waals surface area contributed by atoms with Crippen LogP contribution in [0.1, 0.15) is 11.1 Å². The van der Waals surface area contributed by atoms with Crippen LogP contribution in [0.2, 0.25) is 0 Å². The van der Waals surface area contributed by atoms with E-state index in [-0.39, 0.29) is 0 Å². The van der Waals surface area contributed by atoms with Crippen LogP contribution in [0.15, 0.2) is 53.7 Å². The van der Waals surface area contributed by atoms with Crippen molar-refractivity contribution in [1.29, 1.82) is 5.26 Å². The quantitative estimate of drug-likeness (QED) is 0.665. The van der Waals surface area contributed by atoms with E-state index in [1.165, 1.54) is 0 Å². The highest BCUT2D eigenvalue weighted by atomic mass is 32.2. The van der Waals surface area contributed by atoms with Gasteiger partial charge in [-0.05, 0) is 35.9 Å². The topological polar surface area (TPSA) is 63.7 Å². The van der Waals surface area contributed by atoms with Crippen LogP contribution in [-0.4, -0.2) is 21.9 Å². The van der Waals surface area contributed by atoms with Gasteiger partial charge in [-0.3, -0.25) is 0 Å². The number of rotatable bonds is 5. The smallest absolute Gasteiger partial charge is 0.191 e. The number of benzene rings is 2. The predicted molar refractivity (Wildman–Crippen MR) is 93.7 cm³/mol. The second kappa shape index (κ2) is 7.20. The molecule has 5 nitrogen and oxygen atoms in total. The standard InChI is InChI=1S/C18H16N4OS/c1-22-17(13-7-9-16(23-2)10-8-13)20-21-18(22)24-12-15-6-4-3-5-14(15)11-19/h3-10H,12H2,1-2H3. The molecule has 24 heavy (non-hydrogen) atoms. The second-order valence-electron chi connectivity index (χ2n) is 5.15. The summed E-state index contributed by atoms with van der Waals surface area (Å²) in [5.41, 5.74) is 2.68. The van der Waals surface area contributed by atoms with Gasteiger partial charge in [0.05, 0.1) is 18.7 Å². The summed E-state index contributed by atoms with van der Waals surface area (Å²) in [5.74, 6) is 2.29. The third kappa shape index (κ3) is 3.26. The lowest BCUT2D eigenvalue weighted by Crippen LogP contribution is -1.95. The first kappa shape index (κ1) is 16.1. The lowest BCUT2D eigenvalue weighted by Gasteiger charge is -2.06. The summed E-state index contributed by atoms with van der Waals surface area (Å²) >= 11 is 1.57. The molecule has 0 aliphatic rings. The molecule has 0 amide bonds. The first-order valence-electron chi connectivity index (χ1n) is 7.37. The highest BCUT2D eigenvalue weighted by Gasteiger charge is 2.12. The molecular formula is C18H16N4OS. The summed E-state index contributed by atoms with van der Waals surface area (Å²) in [6, 6.07) is 17.6. The molecular weight excluding hydrogens is 320 g/mol. The molecule has 0 saturated heterocycles. The molecule has 1 heterocycles. The Kier molecular flexibility index (Phi) is 4.82. The molecule has 0 fully saturated rings. The minimum absolute atomic E-state index is 0.679. The fourth-order valence-corrected chi connectivity index (χ4v) is 3.24. The Labute approximate surface area is 144 Å². The number of nitriles is 1. The number of nitrogens with zero attached hydrogens (tertiary/aromatic N) is 4. The summed E-state index contributed by atoms with van der Waals surface area (Å²) in [7, 11) is 3.59. The Morgan fingerprint density at radius 2 is 1.88 bits per heavy atom. The van der Waals surface area contributed by atoms with Gasteiger partial charge in [0.25, 0.3) is 0 Å². The monoisotopic (exact) mass is 336 g/mol. The van der Waals surface area contributed by atoms with Crippen LogP contribution < -0.4 is 4.74 Å². The predicted octanol–water partition coefficient (Wildman–Crippen LogP) is 3.65. The largest absolute Gasteiger partial charge is 0.497 e. The Hall–Kier alpha value is -2.78. The van der Waals surface area contributed by atoms with Gasteiger partial charge >= 0.3 is 0 Å². The zero-order chi connectivity index (χ0) is 16.9. The van der Waals surface area contributed by atoms with E-state index in [9.17, 15) is 0 Å². The van der Waals surface area contributed by atoms with E-state index in [1.54, 1.807) is 18.9 Å². The lowest BCUT2D eigenvalue weighted by atomic mass is 10.1. The average Bonchev–Trinajstić information content (AvgIpc) is 3.01. The number of methoxy groups -OCH3 is 1. The molecule has 6 heteroatoms. The summed E-state index contributed by atoms with van der Waals surface area (Å²) in [6.45, 7) is 0. The zero-order valence-corrected chi connectivity index (χ0v) is 14.2. The van der Waals surface area contributed by atoms with Crippen molar-refractivity contribution in [3.63, 3.8) is 0 Å². The van der Waals surface area contributed by atoms with Crippen LogP contribution in [0, 0.1) is 11.3 Å². The van der Waals surface area contributed by atoms with Crippen molar-refractivity contribution in [3.05, 3.63) is 59.7 Å². The summed E-state index contributed by atoms with van der Waals surface area (Å²) in [5, 5.41) is 18.5. The average molecular weight is 336 g/mol. The van der Waals surface area contributed by atoms with Crippen LogP contribution in [0.25, 0.3) is 11.4 Å². The number of aromatic nitrogens is 3. The minimum atomic E-state index is 0.679. The van der Waals surface area contributed by atoms with Crippen molar-refractivity contribution in [1.82, 2.24) is 14.8 Å². The molecule has 0 saturated carbocycles. The minimum Gasteiger partial charge on any atom is -0.497 e. The molecule has 3 aromatic rings. The van der Waals surface area contributed by atoms with Crippen LogP contribution in [0.5, 0.6) is 5.75 Å². The van der Waals surface area contributed by atoms with E-state index in [1.807, 2.05) is 60.1 Å². The molecule has 0 spiro atoms. The first-order valence-corrected chi connectivity index (χ1v) is 8.36. The van der Waals surface area contributed by atoms with Gasteiger partial charge in [-0.15, -0.1) is 10.2 Å². The number of hydrogen-bond acceptors (Lipinski definition) is 5. The van der Waals surface area contributed by atoms with E-state index in [0.717, 1.165) is 27.9 Å². The SMILES string of the molecule is COc1ccc(-c2nnc(SCc3ccccc3C#N)n2C)cc1. The fourth-order valence-electron chi connectivity index (χ4n) is 2.33. The summed E-state index contributed by atoms with van der Waals surface area (Å²) < 4.78 is 7.14. The second-order valence-corrected chi connectivity index (χ2v) is 6.09. The number of thioether (sulfide) groups is 1. The molecule has 1 aromatic heterocycles. The first-order chi connectivity index (χ1) is 11.7. The normalized spacial score (nSPS) is 10.4. The molecule has 0 atom stereocenters. The maximum absolute atomic E-state index is 9.16. The van der Waals surface area contributed by atoms with Gasteiger partial charge in [0.1, 0.15) is 5.75 Å². The number of ether oxygens (including phenoxy) is 1. The van der Waals surface area contributed by atoms with Crippen molar-refractivity contribution in [3.8, 4) is 23.2 Å². The number of hydrogen-bond donors (Lipinski definition) is 0. The zero-order valence-electron chi connectivity index (χ0n) is 13.4. The van der Waals surface area contributed by atoms with Gasteiger partial charge in [0.2, 0.25) is 0 Å². The van der Waals surface area contributed by atoms with Gasteiger partial charge in [-0.1, -0.05) is 30.0 Å². The van der Waals surface area contributed by atoms with Gasteiger partial charge in [0, 0.05) is 18.4 Å². The van der Waals surface area contributed by atoms with Crippen molar-refractivity contribution in [2.75, 3.05) is 7.11 Å². The Balaban J connectivity index is 1.78. The molecule has 0 bridgehead atoms. The summed E-state index contributed by atoms with van der Waals surface area (Å²) in [4.78, 5) is 0. The van der Waals surface area contributed by atoms with Crippen LogP contribution >= 0.6 is 11.8 Å². The maximum atomic E-state index is 9.16.